The molecular weight excluding hydrogens is 614 g/mol. The molecule has 0 fully saturated rings. The van der Waals surface area contributed by atoms with Crippen molar-refractivity contribution in [3.63, 3.8) is 0 Å². The number of hydrogen-bond acceptors (Lipinski definition) is 9. The molecule has 0 saturated heterocycles. The van der Waals surface area contributed by atoms with E-state index in [2.05, 4.69) is 5.32 Å². The van der Waals surface area contributed by atoms with Gasteiger partial charge in [0.15, 0.2) is 17.3 Å². The van der Waals surface area contributed by atoms with Gasteiger partial charge < -0.3 is 35.4 Å². The second kappa shape index (κ2) is 17.8. The zero-order chi connectivity index (χ0) is 34.7. The van der Waals surface area contributed by atoms with Crippen LogP contribution in [0.4, 0.5) is 0 Å². The lowest BCUT2D eigenvalue weighted by Gasteiger charge is -2.24. The van der Waals surface area contributed by atoms with Gasteiger partial charge in [-0.2, -0.15) is 0 Å². The van der Waals surface area contributed by atoms with Gasteiger partial charge in [0.1, 0.15) is 0 Å². The van der Waals surface area contributed by atoms with Crippen molar-refractivity contribution in [1.29, 1.82) is 0 Å². The highest BCUT2D eigenvalue weighted by Gasteiger charge is 2.33. The highest BCUT2D eigenvalue weighted by molar-refractivity contribution is 7.52. The fraction of sp³-hybridized carbons (Fsp3) is 0.586. The third-order valence-corrected chi connectivity index (χ3v) is 7.95. The van der Waals surface area contributed by atoms with Gasteiger partial charge in [-0.05, 0) is 35.8 Å². The normalized spacial score (nSPS) is 16.2. The van der Waals surface area contributed by atoms with E-state index in [0.29, 0.717) is 22.3 Å². The summed E-state index contributed by atoms with van der Waals surface area (Å²) < 4.78 is 25.7. The molecule has 0 unspecified atom stereocenters. The van der Waals surface area contributed by atoms with E-state index in [1.54, 1.807) is 0 Å². The molecule has 0 amide bonds. The molecule has 7 N–H and O–H groups in total. The third kappa shape index (κ3) is 13.2. The Balaban J connectivity index is 0.000000708. The maximum absolute atomic E-state index is 12.5. The average Bonchev–Trinajstić information content (AvgIpc) is 2.85. The first-order valence-electron chi connectivity index (χ1n) is 14.2. The zero-order valence-electron chi connectivity index (χ0n) is 26.9. The predicted molar refractivity (Wildman–Crippen MR) is 167 cm³/mol. The highest BCUT2D eigenvalue weighted by Crippen LogP contribution is 2.34. The Kier molecular flexibility index (Phi) is 16.8. The van der Waals surface area contributed by atoms with E-state index in [-0.39, 0.29) is 83.7 Å². The summed E-state index contributed by atoms with van der Waals surface area (Å²) in [6.45, 7) is 14.9. The number of rotatable bonds is 11. The van der Waals surface area contributed by atoms with Gasteiger partial charge in [-0.3, -0.25) is 28.3 Å². The van der Waals surface area contributed by atoms with Crippen LogP contribution in [0, 0.1) is 23.7 Å². The molecule has 0 spiro atoms. The van der Waals surface area contributed by atoms with Crippen molar-refractivity contribution in [1.82, 2.24) is 5.32 Å². The minimum absolute atomic E-state index is 0.00569. The van der Waals surface area contributed by atoms with Crippen molar-refractivity contribution in [2.75, 3.05) is 32.5 Å². The number of allylic oxidation sites excluding steroid dienone is 6. The molecule has 0 aromatic carbocycles. The first-order valence-corrected chi connectivity index (χ1v) is 17.8. The van der Waals surface area contributed by atoms with Crippen molar-refractivity contribution in [2.45, 2.75) is 55.4 Å². The predicted octanol–water partition coefficient (Wildman–Crippen LogP) is 2.80. The first-order chi connectivity index (χ1) is 20.0. The first kappa shape index (κ1) is 41.5. The summed E-state index contributed by atoms with van der Waals surface area (Å²) in [5.41, 5.74) is 6.92. The molecule has 0 saturated carbocycles. The van der Waals surface area contributed by atoms with Gasteiger partial charge in [0.05, 0.1) is 25.1 Å². The van der Waals surface area contributed by atoms with Crippen LogP contribution in [0.1, 0.15) is 55.4 Å². The molecule has 0 atom stereocenters. The molecule has 13 nitrogen and oxygen atoms in total. The summed E-state index contributed by atoms with van der Waals surface area (Å²) >= 11 is 0. The van der Waals surface area contributed by atoms with Crippen LogP contribution in [0.15, 0.2) is 45.9 Å². The van der Waals surface area contributed by atoms with Crippen LogP contribution < -0.4 is 11.1 Å². The second-order valence-electron chi connectivity index (χ2n) is 11.4. The van der Waals surface area contributed by atoms with Gasteiger partial charge in [0.25, 0.3) is 0 Å². The smallest absolute Gasteiger partial charge is 0.327 e. The Labute approximate surface area is 259 Å². The van der Waals surface area contributed by atoms with Gasteiger partial charge >= 0.3 is 15.2 Å². The number of methoxy groups -OCH3 is 1. The van der Waals surface area contributed by atoms with E-state index < -0.39 is 15.2 Å². The number of nitrogens with one attached hydrogen (secondary N) is 1. The lowest BCUT2D eigenvalue weighted by molar-refractivity contribution is -0.118. The lowest BCUT2D eigenvalue weighted by atomic mass is 9.82. The van der Waals surface area contributed by atoms with Crippen LogP contribution in [0.3, 0.4) is 0 Å². The monoisotopic (exact) mass is 662 g/mol. The Morgan fingerprint density at radius 3 is 1.43 bits per heavy atom. The number of ketones is 4. The highest BCUT2D eigenvalue weighted by atomic mass is 31.2. The molecular formula is C29H48N2O11P2. The average molecular weight is 663 g/mol. The molecule has 2 aliphatic rings. The minimum atomic E-state index is -4.14. The molecule has 2 rings (SSSR count). The van der Waals surface area contributed by atoms with Crippen LogP contribution in [-0.4, -0.2) is 75.2 Å². The Morgan fingerprint density at radius 1 is 0.705 bits per heavy atom. The number of carbonyl (C=O) groups excluding carboxylic acids is 4. The van der Waals surface area contributed by atoms with E-state index >= 15 is 0 Å². The van der Waals surface area contributed by atoms with E-state index in [4.69, 9.17) is 30.0 Å². The van der Waals surface area contributed by atoms with Gasteiger partial charge in [-0.25, -0.2) is 0 Å². The van der Waals surface area contributed by atoms with Crippen LogP contribution in [0.2, 0.25) is 0 Å². The number of hydrogen-bond donors (Lipinski definition) is 6. The number of ether oxygens (including phenoxy) is 1. The van der Waals surface area contributed by atoms with Gasteiger partial charge in [0, 0.05) is 35.4 Å². The molecule has 0 heterocycles. The van der Waals surface area contributed by atoms with Gasteiger partial charge in [-0.1, -0.05) is 55.4 Å². The van der Waals surface area contributed by atoms with Gasteiger partial charge in [0.2, 0.25) is 11.6 Å². The summed E-state index contributed by atoms with van der Waals surface area (Å²) in [5.74, 6) is -0.683. The topological polar surface area (TPSA) is 231 Å². The van der Waals surface area contributed by atoms with Crippen molar-refractivity contribution >= 4 is 38.3 Å². The summed E-state index contributed by atoms with van der Waals surface area (Å²) in [6.07, 6.45) is 2.12. The Bertz CT molecular complexity index is 1310. The molecule has 0 aliphatic heterocycles. The molecule has 250 valence electrons. The van der Waals surface area contributed by atoms with Crippen LogP contribution in [0.25, 0.3) is 0 Å². The Hall–Kier alpha value is -2.50. The summed E-state index contributed by atoms with van der Waals surface area (Å²) in [4.78, 5) is 82.4. The molecule has 0 bridgehead atoms. The van der Waals surface area contributed by atoms with E-state index in [1.165, 1.54) is 19.3 Å². The van der Waals surface area contributed by atoms with Crippen molar-refractivity contribution in [3.8, 4) is 0 Å². The molecule has 15 heteroatoms. The molecule has 0 aromatic rings. The van der Waals surface area contributed by atoms with Crippen LogP contribution in [-0.2, 0) is 33.0 Å². The largest absolute Gasteiger partial charge is 0.492 e. The van der Waals surface area contributed by atoms with Crippen molar-refractivity contribution < 1.29 is 52.6 Å². The lowest BCUT2D eigenvalue weighted by Crippen LogP contribution is -2.32. The molecule has 2 aliphatic carbocycles. The molecule has 0 aromatic heterocycles. The van der Waals surface area contributed by atoms with Crippen LogP contribution >= 0.6 is 15.2 Å². The number of carbonyl (C=O) groups is 4. The maximum Gasteiger partial charge on any atom is 0.327 e. The summed E-state index contributed by atoms with van der Waals surface area (Å²) in [5, 5.41) is 2.72. The summed E-state index contributed by atoms with van der Waals surface area (Å²) in [7, 11) is -6.50. The maximum atomic E-state index is 12.5. The fourth-order valence-electron chi connectivity index (χ4n) is 4.16. The van der Waals surface area contributed by atoms with Crippen molar-refractivity contribution in [2.24, 2.45) is 29.4 Å². The SMILES string of the molecule is CC(C)C1=CC(=O)C(NCCP(=O)(O)O)=C(C(C)C)C1=O.COC1=C(C(C)C)C(=O)C(C(C)C)=CC1=O.NCCP(=O)(O)O. The number of nitrogens with two attached hydrogens (primary N) is 1. The zero-order valence-corrected chi connectivity index (χ0v) is 28.7. The fourth-order valence-corrected chi connectivity index (χ4v) is 4.90. The third-order valence-electron chi connectivity index (χ3n) is 6.30. The molecule has 0 radical (unpaired) electrons. The van der Waals surface area contributed by atoms with Crippen molar-refractivity contribution in [3.05, 3.63) is 45.9 Å². The molecule has 44 heavy (non-hydrogen) atoms. The van der Waals surface area contributed by atoms with Crippen LogP contribution in [0.5, 0.6) is 0 Å². The number of Topliss-reactive ketones (excluding diaryl/α,β-unsaturated/α-hetero) is 2. The van der Waals surface area contributed by atoms with Gasteiger partial charge in [-0.15, -0.1) is 0 Å². The Morgan fingerprint density at radius 2 is 1.11 bits per heavy atom. The minimum Gasteiger partial charge on any atom is -0.492 e. The second-order valence-corrected chi connectivity index (χ2v) is 15.0. The van der Waals surface area contributed by atoms with E-state index in [9.17, 15) is 28.3 Å². The quantitative estimate of drug-likeness (QED) is 0.138. The summed E-state index contributed by atoms with van der Waals surface area (Å²) in [6, 6.07) is 0. The van der Waals surface area contributed by atoms with E-state index in [1.807, 2.05) is 55.4 Å². The van der Waals surface area contributed by atoms with E-state index in [0.717, 1.165) is 0 Å². The standard InChI is InChI=1S/C14H22NO5P.C13H18O3.C2H8NO3P/c1-8(2)10-7-11(16)13(12(9(3)4)14(10)17)15-5-6-21(18,19)20;1-7(2)9-6-10(14)13(16-5)11(8(3)4)12(9)15;3-1-2-7(4,5)6/h7-9,15H,5-6H2,1-4H3,(H2,18,19,20);6-8H,1-5H3;1-3H2,(H2,4,5,6).